The Balaban J connectivity index is 1.04. The lowest BCUT2D eigenvalue weighted by atomic mass is 9.67. The third kappa shape index (κ3) is 6.26. The van der Waals surface area contributed by atoms with Gasteiger partial charge in [0.05, 0.1) is 5.41 Å². The van der Waals surface area contributed by atoms with Gasteiger partial charge in [-0.25, -0.2) is 0 Å². The molecule has 67 heavy (non-hydrogen) atoms. The molecule has 0 radical (unpaired) electrons. The third-order valence-corrected chi connectivity index (χ3v) is 13.9. The van der Waals surface area contributed by atoms with Crippen molar-refractivity contribution in [3.05, 3.63) is 283 Å². The van der Waals surface area contributed by atoms with Crippen LogP contribution in [0.1, 0.15) is 22.3 Å². The molecule has 13 rings (SSSR count). The third-order valence-electron chi connectivity index (χ3n) is 13.9. The predicted molar refractivity (Wildman–Crippen MR) is 278 cm³/mol. The van der Waals surface area contributed by atoms with Gasteiger partial charge >= 0.3 is 0 Å². The lowest BCUT2D eigenvalue weighted by Crippen LogP contribution is -2.28. The summed E-state index contributed by atoms with van der Waals surface area (Å²) in [5, 5.41) is 2.39. The van der Waals surface area contributed by atoms with Gasteiger partial charge < -0.3 is 9.64 Å². The van der Waals surface area contributed by atoms with Crippen LogP contribution in [0.5, 0.6) is 11.5 Å². The number of ether oxygens (including phenoxy) is 1. The summed E-state index contributed by atoms with van der Waals surface area (Å²) in [7, 11) is 0. The van der Waals surface area contributed by atoms with Gasteiger partial charge in [-0.05, 0) is 132 Å². The fourth-order valence-electron chi connectivity index (χ4n) is 11.0. The van der Waals surface area contributed by atoms with E-state index in [0.29, 0.717) is 0 Å². The van der Waals surface area contributed by atoms with Crippen LogP contribution in [0, 0.1) is 0 Å². The molecule has 11 aromatic rings. The Kier molecular flexibility index (Phi) is 9.11. The molecule has 11 aromatic carbocycles. The first-order valence-corrected chi connectivity index (χ1v) is 23.1. The molecule has 0 fully saturated rings. The highest BCUT2D eigenvalue weighted by Gasteiger charge is 2.46. The second kappa shape index (κ2) is 15.8. The number of anilines is 3. The Labute approximate surface area is 391 Å². The van der Waals surface area contributed by atoms with Crippen LogP contribution in [-0.4, -0.2) is 0 Å². The zero-order valence-corrected chi connectivity index (χ0v) is 36.7. The molecule has 2 aliphatic rings. The van der Waals surface area contributed by atoms with Gasteiger partial charge in [0, 0.05) is 34.3 Å². The smallest absolute Gasteiger partial charge is 0.137 e. The van der Waals surface area contributed by atoms with Gasteiger partial charge in [0.1, 0.15) is 11.5 Å². The van der Waals surface area contributed by atoms with Crippen LogP contribution < -0.4 is 9.64 Å². The van der Waals surface area contributed by atoms with Gasteiger partial charge in [0.25, 0.3) is 0 Å². The van der Waals surface area contributed by atoms with E-state index in [1.54, 1.807) is 0 Å². The fraction of sp³-hybridized carbons (Fsp3) is 0.0154. The Hall–Kier alpha value is -8.72. The van der Waals surface area contributed by atoms with E-state index in [4.69, 9.17) is 4.74 Å². The first-order valence-electron chi connectivity index (χ1n) is 23.1. The number of nitrogens with zero attached hydrogens (tertiary/aromatic N) is 1. The number of rotatable bonds is 7. The van der Waals surface area contributed by atoms with Crippen molar-refractivity contribution in [2.75, 3.05) is 4.90 Å². The summed E-state index contributed by atoms with van der Waals surface area (Å²) in [6.07, 6.45) is 0. The van der Waals surface area contributed by atoms with E-state index in [0.717, 1.165) is 61.9 Å². The molecular weight excluding hydrogens is 811 g/mol. The van der Waals surface area contributed by atoms with Gasteiger partial charge in [-0.15, -0.1) is 0 Å². The summed E-state index contributed by atoms with van der Waals surface area (Å²) in [6.45, 7) is 0. The quantitative estimate of drug-likeness (QED) is 0.158. The van der Waals surface area contributed by atoms with E-state index in [-0.39, 0.29) is 0 Å². The van der Waals surface area contributed by atoms with Crippen molar-refractivity contribution in [2.45, 2.75) is 5.41 Å². The van der Waals surface area contributed by atoms with Gasteiger partial charge in [-0.2, -0.15) is 0 Å². The maximum atomic E-state index is 7.25. The maximum Gasteiger partial charge on any atom is 0.137 e. The molecule has 314 valence electrons. The highest BCUT2D eigenvalue weighted by atomic mass is 16.5. The van der Waals surface area contributed by atoms with Crippen LogP contribution in [0.4, 0.5) is 17.1 Å². The molecule has 1 aliphatic heterocycles. The van der Waals surface area contributed by atoms with Crippen LogP contribution in [-0.2, 0) is 5.41 Å². The first-order chi connectivity index (χ1) is 33.2. The Morgan fingerprint density at radius 2 is 0.791 bits per heavy atom. The molecule has 0 atom stereocenters. The van der Waals surface area contributed by atoms with Crippen LogP contribution in [0.3, 0.4) is 0 Å². The second-order valence-electron chi connectivity index (χ2n) is 17.6. The van der Waals surface area contributed by atoms with Crippen molar-refractivity contribution in [2.24, 2.45) is 0 Å². The van der Waals surface area contributed by atoms with Crippen molar-refractivity contribution in [3.63, 3.8) is 0 Å². The van der Waals surface area contributed by atoms with E-state index in [1.807, 2.05) is 0 Å². The monoisotopic (exact) mass is 853 g/mol. The van der Waals surface area contributed by atoms with Crippen LogP contribution in [0.25, 0.3) is 66.4 Å². The number of fused-ring (bicyclic) bond motifs is 9. The van der Waals surface area contributed by atoms with E-state index >= 15 is 0 Å². The molecule has 0 spiro atoms. The minimum Gasteiger partial charge on any atom is -0.456 e. The summed E-state index contributed by atoms with van der Waals surface area (Å²) >= 11 is 0. The molecule has 0 N–H and O–H groups in total. The predicted octanol–water partition coefficient (Wildman–Crippen LogP) is 17.4. The molecule has 2 nitrogen and oxygen atoms in total. The summed E-state index contributed by atoms with van der Waals surface area (Å²) in [5.74, 6) is 1.64. The summed E-state index contributed by atoms with van der Waals surface area (Å²) in [6, 6.07) is 94.9. The molecular formula is C65H43NO. The van der Waals surface area contributed by atoms with Gasteiger partial charge in [0.2, 0.25) is 0 Å². The zero-order valence-electron chi connectivity index (χ0n) is 36.7. The Morgan fingerprint density at radius 1 is 0.284 bits per heavy atom. The molecule has 0 unspecified atom stereocenters. The van der Waals surface area contributed by atoms with Crippen LogP contribution in [0.15, 0.2) is 261 Å². The van der Waals surface area contributed by atoms with E-state index in [9.17, 15) is 0 Å². The molecule has 0 aromatic heterocycles. The van der Waals surface area contributed by atoms with E-state index < -0.39 is 5.41 Å². The molecule has 1 heterocycles. The minimum absolute atomic E-state index is 0.545. The number of benzene rings is 11. The van der Waals surface area contributed by atoms with E-state index in [1.165, 1.54) is 55.3 Å². The van der Waals surface area contributed by atoms with Gasteiger partial charge in [0.15, 0.2) is 0 Å². The van der Waals surface area contributed by atoms with Crippen LogP contribution in [0.2, 0.25) is 0 Å². The topological polar surface area (TPSA) is 12.5 Å². The lowest BCUT2D eigenvalue weighted by Gasteiger charge is -2.35. The van der Waals surface area contributed by atoms with Crippen molar-refractivity contribution in [3.8, 4) is 67.1 Å². The minimum atomic E-state index is -0.545. The number of hydrogen-bond acceptors (Lipinski definition) is 2. The zero-order chi connectivity index (χ0) is 44.3. The second-order valence-corrected chi connectivity index (χ2v) is 17.6. The molecule has 1 aliphatic carbocycles. The van der Waals surface area contributed by atoms with Crippen molar-refractivity contribution >= 4 is 27.8 Å². The molecule has 0 saturated carbocycles. The van der Waals surface area contributed by atoms with Crippen LogP contribution >= 0.6 is 0 Å². The Bertz CT molecular complexity index is 3600. The largest absolute Gasteiger partial charge is 0.456 e. The maximum absolute atomic E-state index is 7.25. The molecule has 0 bridgehead atoms. The standard InChI is InChI=1S/C65H43NO/c1-5-18-44(19-6-1)45-32-34-51(35-33-45)66(52-36-38-56-55-28-15-16-30-60(55)65(61(56)42-52,49-24-9-3-10-25-49)50-26-11-4-12-27-50)53-37-39-57-58-40-47-22-13-14-23-48(47)41-59(58)64-54(46-20-7-2-8-21-46)29-17-31-62(64)67-63(57)43-53/h1-43H. The van der Waals surface area contributed by atoms with Gasteiger partial charge in [-0.1, -0.05) is 200 Å². The van der Waals surface area contributed by atoms with E-state index in [2.05, 4.69) is 266 Å². The average Bonchev–Trinajstić information content (AvgIpc) is 3.62. The summed E-state index contributed by atoms with van der Waals surface area (Å²) < 4.78 is 7.25. The van der Waals surface area contributed by atoms with Gasteiger partial charge in [-0.3, -0.25) is 0 Å². The highest BCUT2D eigenvalue weighted by molar-refractivity contribution is 6.04. The first kappa shape index (κ1) is 38.7. The average molecular weight is 854 g/mol. The summed E-state index contributed by atoms with van der Waals surface area (Å²) in [4.78, 5) is 2.40. The lowest BCUT2D eigenvalue weighted by molar-refractivity contribution is 0.488. The van der Waals surface area contributed by atoms with Crippen molar-refractivity contribution < 1.29 is 4.74 Å². The fourth-order valence-corrected chi connectivity index (χ4v) is 11.0. The van der Waals surface area contributed by atoms with Crippen molar-refractivity contribution in [1.29, 1.82) is 0 Å². The summed E-state index contributed by atoms with van der Waals surface area (Å²) in [5.41, 5.74) is 19.2. The number of hydrogen-bond donors (Lipinski definition) is 0. The molecule has 2 heteroatoms. The van der Waals surface area contributed by atoms with Crippen molar-refractivity contribution in [1.82, 2.24) is 0 Å². The molecule has 0 saturated heterocycles. The molecule has 0 amide bonds. The Morgan fingerprint density at radius 3 is 1.48 bits per heavy atom. The normalized spacial score (nSPS) is 12.7. The SMILES string of the molecule is c1ccc(-c2ccc(N(c3ccc4c(c3)Oc3cccc(-c5ccccc5)c3-c3cc5ccccc5cc3-4)c3ccc4c(c3)C(c3ccccc3)(c3ccccc3)c3ccccc3-4)cc2)cc1. The highest BCUT2D eigenvalue weighted by Crippen LogP contribution is 2.58.